The first-order valence-electron chi connectivity index (χ1n) is 10.3. The molecule has 3 heterocycles. The Labute approximate surface area is 165 Å². The van der Waals surface area contributed by atoms with Crippen molar-refractivity contribution in [3.8, 4) is 11.5 Å². The molecule has 4 rings (SSSR count). The molecule has 0 aromatic heterocycles. The zero-order valence-electron chi connectivity index (χ0n) is 16.5. The first-order valence-corrected chi connectivity index (χ1v) is 10.3. The van der Waals surface area contributed by atoms with Crippen LogP contribution in [0, 0.1) is 0 Å². The molecule has 0 aliphatic carbocycles. The maximum absolute atomic E-state index is 12.7. The molecule has 0 spiro atoms. The average molecular weight is 390 g/mol. The number of hydrogen-bond acceptors (Lipinski definition) is 4. The van der Waals surface area contributed by atoms with E-state index < -0.39 is 0 Å². The van der Waals surface area contributed by atoms with Crippen molar-refractivity contribution in [3.05, 3.63) is 18.2 Å². The summed E-state index contributed by atoms with van der Waals surface area (Å²) in [5.41, 5.74) is 0.723. The molecule has 8 heteroatoms. The van der Waals surface area contributed by atoms with Crippen LogP contribution in [0.25, 0.3) is 0 Å². The predicted octanol–water partition coefficient (Wildman–Crippen LogP) is -1.85. The summed E-state index contributed by atoms with van der Waals surface area (Å²) in [4.78, 5) is 29.6. The fourth-order valence-electron chi connectivity index (χ4n) is 4.24. The van der Waals surface area contributed by atoms with E-state index in [0.717, 1.165) is 57.8 Å². The van der Waals surface area contributed by atoms with Crippen LogP contribution in [0.5, 0.6) is 11.5 Å². The minimum Gasteiger partial charge on any atom is -0.454 e. The topological polar surface area (TPSA) is 76.7 Å². The first kappa shape index (κ1) is 19.0. The van der Waals surface area contributed by atoms with Crippen molar-refractivity contribution in [2.24, 2.45) is 0 Å². The summed E-state index contributed by atoms with van der Waals surface area (Å²) in [6.45, 7) is 8.27. The molecule has 152 valence electrons. The van der Waals surface area contributed by atoms with Gasteiger partial charge in [0.25, 0.3) is 11.8 Å². The van der Waals surface area contributed by atoms with Gasteiger partial charge in [0.1, 0.15) is 26.2 Å². The van der Waals surface area contributed by atoms with Gasteiger partial charge >= 0.3 is 0 Å². The Bertz CT molecular complexity index is 727. The highest BCUT2D eigenvalue weighted by Crippen LogP contribution is 2.34. The third-order valence-electron chi connectivity index (χ3n) is 6.11. The molecule has 0 bridgehead atoms. The lowest BCUT2D eigenvalue weighted by Crippen LogP contribution is -3.30. The smallest absolute Gasteiger partial charge is 0.282 e. The van der Waals surface area contributed by atoms with Crippen LogP contribution in [0.4, 0.5) is 5.69 Å². The highest BCUT2D eigenvalue weighted by Gasteiger charge is 2.33. The summed E-state index contributed by atoms with van der Waals surface area (Å²) < 4.78 is 10.7. The molecule has 3 N–H and O–H groups in total. The molecule has 3 aliphatic heterocycles. The Balaban J connectivity index is 1.24. The zero-order valence-corrected chi connectivity index (χ0v) is 16.5. The number of ether oxygens (including phenoxy) is 2. The minimum atomic E-state index is -0.138. The fourth-order valence-corrected chi connectivity index (χ4v) is 4.24. The van der Waals surface area contributed by atoms with Crippen LogP contribution in [0.15, 0.2) is 18.2 Å². The second-order valence-corrected chi connectivity index (χ2v) is 7.95. The number of anilines is 1. The molecule has 8 nitrogen and oxygen atoms in total. The first-order chi connectivity index (χ1) is 13.6. The highest BCUT2D eigenvalue weighted by atomic mass is 16.7. The van der Waals surface area contributed by atoms with Crippen molar-refractivity contribution >= 4 is 17.5 Å². The van der Waals surface area contributed by atoms with E-state index in [1.807, 2.05) is 24.0 Å². The average Bonchev–Trinajstić information content (AvgIpc) is 3.39. The third kappa shape index (κ3) is 4.23. The summed E-state index contributed by atoms with van der Waals surface area (Å²) in [5.74, 6) is 1.66. The van der Waals surface area contributed by atoms with E-state index in [-0.39, 0.29) is 24.6 Å². The summed E-state index contributed by atoms with van der Waals surface area (Å²) in [5, 5.41) is 2.99. The third-order valence-corrected chi connectivity index (χ3v) is 6.11. The van der Waals surface area contributed by atoms with Crippen molar-refractivity contribution < 1.29 is 28.9 Å². The summed E-state index contributed by atoms with van der Waals surface area (Å²) >= 11 is 0. The second-order valence-electron chi connectivity index (χ2n) is 7.95. The molecular formula is C20H30N4O4+2. The number of nitrogens with one attached hydrogen (secondary N) is 3. The lowest BCUT2D eigenvalue weighted by Gasteiger charge is -2.32. The molecule has 2 amide bonds. The SMILES string of the molecule is C[C@H](C(=O)Nc1ccc2c(c1)OCO2)[NH+]1CC[NH+](CC(=O)N2CCCC2)CC1. The van der Waals surface area contributed by atoms with Crippen LogP contribution in [0.1, 0.15) is 19.8 Å². The van der Waals surface area contributed by atoms with E-state index in [2.05, 4.69) is 5.32 Å². The van der Waals surface area contributed by atoms with E-state index in [9.17, 15) is 9.59 Å². The van der Waals surface area contributed by atoms with Gasteiger partial charge in [-0.1, -0.05) is 0 Å². The van der Waals surface area contributed by atoms with Crippen molar-refractivity contribution in [2.45, 2.75) is 25.8 Å². The van der Waals surface area contributed by atoms with Gasteiger partial charge in [-0.15, -0.1) is 0 Å². The number of carbonyl (C=O) groups excluding carboxylic acids is 2. The van der Waals surface area contributed by atoms with Gasteiger partial charge in [-0.2, -0.15) is 0 Å². The molecule has 0 radical (unpaired) electrons. The quantitative estimate of drug-likeness (QED) is 0.552. The number of likely N-dealkylation sites (tertiary alicyclic amines) is 1. The van der Waals surface area contributed by atoms with Crippen molar-refractivity contribution in [3.63, 3.8) is 0 Å². The molecule has 2 fully saturated rings. The standard InChI is InChI=1S/C20H28N4O4/c1-15(20(26)21-16-4-5-17-18(12-16)28-14-27-17)23-10-8-22(9-11-23)13-19(25)24-6-2-3-7-24/h4-5,12,15H,2-3,6-11,13-14H2,1H3,(H,21,26)/p+2/t15-/m1/s1. The Kier molecular flexibility index (Phi) is 5.68. The Morgan fingerprint density at radius 2 is 1.82 bits per heavy atom. The summed E-state index contributed by atoms with van der Waals surface area (Å²) in [6.07, 6.45) is 2.27. The largest absolute Gasteiger partial charge is 0.454 e. The van der Waals surface area contributed by atoms with Gasteiger partial charge in [0.05, 0.1) is 0 Å². The van der Waals surface area contributed by atoms with Gasteiger partial charge in [0.2, 0.25) is 6.79 Å². The Hall–Kier alpha value is -2.32. The predicted molar refractivity (Wildman–Crippen MR) is 103 cm³/mol. The monoisotopic (exact) mass is 390 g/mol. The normalized spacial score (nSPS) is 24.8. The van der Waals surface area contributed by atoms with Gasteiger partial charge < -0.3 is 29.5 Å². The number of amides is 2. The molecule has 1 atom stereocenters. The maximum Gasteiger partial charge on any atom is 0.282 e. The van der Waals surface area contributed by atoms with Crippen LogP contribution >= 0.6 is 0 Å². The second kappa shape index (κ2) is 8.36. The maximum atomic E-state index is 12.7. The minimum absolute atomic E-state index is 0.00505. The number of fused-ring (bicyclic) bond motifs is 1. The van der Waals surface area contributed by atoms with Crippen molar-refractivity contribution in [1.29, 1.82) is 0 Å². The van der Waals surface area contributed by atoms with Gasteiger partial charge in [0.15, 0.2) is 24.1 Å². The van der Waals surface area contributed by atoms with E-state index in [0.29, 0.717) is 18.0 Å². The number of carbonyl (C=O) groups is 2. The van der Waals surface area contributed by atoms with Crippen LogP contribution in [0.3, 0.4) is 0 Å². The van der Waals surface area contributed by atoms with Gasteiger partial charge in [0, 0.05) is 24.8 Å². The number of nitrogens with zero attached hydrogens (tertiary/aromatic N) is 1. The molecule has 3 aliphatic rings. The number of piperazine rings is 1. The van der Waals surface area contributed by atoms with Gasteiger partial charge in [-0.05, 0) is 31.9 Å². The molecule has 1 aromatic rings. The van der Waals surface area contributed by atoms with Crippen molar-refractivity contribution in [1.82, 2.24) is 4.90 Å². The summed E-state index contributed by atoms with van der Waals surface area (Å²) in [6, 6.07) is 5.31. The number of rotatable bonds is 5. The molecule has 2 saturated heterocycles. The highest BCUT2D eigenvalue weighted by molar-refractivity contribution is 5.94. The van der Waals surface area contributed by atoms with E-state index in [1.165, 1.54) is 9.80 Å². The van der Waals surface area contributed by atoms with Crippen LogP contribution in [0.2, 0.25) is 0 Å². The number of quaternary nitrogens is 2. The number of benzene rings is 1. The molecular weight excluding hydrogens is 360 g/mol. The lowest BCUT2D eigenvalue weighted by atomic mass is 10.2. The van der Waals surface area contributed by atoms with Gasteiger partial charge in [-0.25, -0.2) is 0 Å². The lowest BCUT2D eigenvalue weighted by molar-refractivity contribution is -1.01. The van der Waals surface area contributed by atoms with E-state index in [4.69, 9.17) is 9.47 Å². The van der Waals surface area contributed by atoms with E-state index in [1.54, 1.807) is 6.07 Å². The van der Waals surface area contributed by atoms with Gasteiger partial charge in [-0.3, -0.25) is 9.59 Å². The van der Waals surface area contributed by atoms with Crippen LogP contribution in [-0.4, -0.2) is 75.4 Å². The van der Waals surface area contributed by atoms with Crippen molar-refractivity contribution in [2.75, 3.05) is 57.9 Å². The molecule has 1 aromatic carbocycles. The zero-order chi connectivity index (χ0) is 19.5. The molecule has 0 unspecified atom stereocenters. The summed E-state index contributed by atoms with van der Waals surface area (Å²) in [7, 11) is 0. The van der Waals surface area contributed by atoms with Crippen LogP contribution in [-0.2, 0) is 9.59 Å². The Morgan fingerprint density at radius 3 is 2.57 bits per heavy atom. The van der Waals surface area contributed by atoms with E-state index >= 15 is 0 Å². The fraction of sp³-hybridized carbons (Fsp3) is 0.600. The molecule has 28 heavy (non-hydrogen) atoms. The Morgan fingerprint density at radius 1 is 1.11 bits per heavy atom. The number of hydrogen-bond donors (Lipinski definition) is 3. The van der Waals surface area contributed by atoms with Crippen LogP contribution < -0.4 is 24.6 Å². The molecule has 0 saturated carbocycles.